The average Bonchev–Trinajstić information content (AvgIpc) is 2.88. The van der Waals surface area contributed by atoms with Gasteiger partial charge in [0.05, 0.1) is 15.7 Å². The zero-order valence-corrected chi connectivity index (χ0v) is 12.3. The number of nitrogens with zero attached hydrogens (tertiary/aromatic N) is 1. The number of ether oxygens (including phenoxy) is 1. The molecule has 0 aromatic carbocycles. The molecule has 96 valence electrons. The smallest absolute Gasteiger partial charge is 0.316 e. The maximum absolute atomic E-state index is 12.1. The van der Waals surface area contributed by atoms with Crippen LogP contribution < -0.4 is 0 Å². The lowest BCUT2D eigenvalue weighted by Crippen LogP contribution is -2.42. The highest BCUT2D eigenvalue weighted by molar-refractivity contribution is 14.1. The molecule has 0 amide bonds. The van der Waals surface area contributed by atoms with Crippen molar-refractivity contribution in [2.45, 2.75) is 30.2 Å². The van der Waals surface area contributed by atoms with Crippen molar-refractivity contribution < 1.29 is 17.9 Å². The van der Waals surface area contributed by atoms with Gasteiger partial charge in [0.2, 0.25) is 10.0 Å². The van der Waals surface area contributed by atoms with Gasteiger partial charge in [0, 0.05) is 7.05 Å². The number of carbonyl (C=O) groups excluding carboxylic acids is 1. The summed E-state index contributed by atoms with van der Waals surface area (Å²) in [4.78, 5) is 11.4. The first-order chi connectivity index (χ1) is 7.96. The summed E-state index contributed by atoms with van der Waals surface area (Å²) in [5.74, 6) is 0.168. The minimum absolute atomic E-state index is 0.115. The lowest BCUT2D eigenvalue weighted by atomic mass is 9.92. The molecule has 2 saturated carbocycles. The summed E-state index contributed by atoms with van der Waals surface area (Å²) in [5.41, 5.74) is 0. The number of halogens is 1. The molecule has 17 heavy (non-hydrogen) atoms. The summed E-state index contributed by atoms with van der Waals surface area (Å²) in [7, 11) is -1.53. The van der Waals surface area contributed by atoms with Gasteiger partial charge >= 0.3 is 5.97 Å². The number of rotatable bonds is 2. The monoisotopic (exact) mass is 371 g/mol. The number of carbonyl (C=O) groups is 1. The molecule has 0 N–H and O–H groups in total. The zero-order chi connectivity index (χ0) is 12.4. The molecule has 0 radical (unpaired) electrons. The predicted octanol–water partition coefficient (Wildman–Crippen LogP) is 0.385. The molecule has 5 nitrogen and oxygen atoms in total. The minimum atomic E-state index is -3.15. The molecule has 3 fully saturated rings. The predicted molar refractivity (Wildman–Crippen MR) is 69.2 cm³/mol. The first kappa shape index (κ1) is 12.2. The Bertz CT molecular complexity index is 465. The molecule has 0 aromatic rings. The standard InChI is InChI=1S/C10H14INO4S/c1-12-9-6-2-5(3-7(6)17(12,14)15)10(9)16-8(13)4-11/h5-7,9-10H,2-4H2,1H3. The number of alkyl halides is 1. The Hall–Kier alpha value is 0.110. The Morgan fingerprint density at radius 1 is 1.47 bits per heavy atom. The molecule has 1 saturated heterocycles. The number of fused-ring (bicyclic) bond motifs is 1. The number of likely N-dealkylation sites (N-methyl/N-ethyl adjacent to an activating group) is 1. The Balaban J connectivity index is 1.90. The van der Waals surface area contributed by atoms with E-state index in [0.717, 1.165) is 6.42 Å². The van der Waals surface area contributed by atoms with Crippen molar-refractivity contribution in [1.29, 1.82) is 0 Å². The van der Waals surface area contributed by atoms with E-state index in [9.17, 15) is 13.2 Å². The molecule has 1 heterocycles. The SMILES string of the molecule is CN1C2C3CC(CC3S1(=O)=O)C2OC(=O)CI. The first-order valence-electron chi connectivity index (χ1n) is 5.69. The number of esters is 1. The third kappa shape index (κ3) is 1.51. The van der Waals surface area contributed by atoms with Crippen LogP contribution in [0.2, 0.25) is 0 Å². The molecular weight excluding hydrogens is 357 g/mol. The fourth-order valence-corrected chi connectivity index (χ4v) is 6.20. The molecule has 0 aromatic heterocycles. The summed E-state index contributed by atoms with van der Waals surface area (Å²) in [5, 5.41) is -0.225. The highest BCUT2D eigenvalue weighted by Gasteiger charge is 2.66. The van der Waals surface area contributed by atoms with Gasteiger partial charge < -0.3 is 4.74 Å². The Kier molecular flexibility index (Phi) is 2.72. The van der Waals surface area contributed by atoms with Gasteiger partial charge in [-0.15, -0.1) is 0 Å². The summed E-state index contributed by atoms with van der Waals surface area (Å²) < 4.78 is 31.4. The van der Waals surface area contributed by atoms with Crippen LogP contribution in [0.15, 0.2) is 0 Å². The molecule has 1 aliphatic heterocycles. The van der Waals surface area contributed by atoms with Crippen molar-refractivity contribution in [2.24, 2.45) is 11.8 Å². The van der Waals surface area contributed by atoms with Crippen LogP contribution in [0.25, 0.3) is 0 Å². The van der Waals surface area contributed by atoms with Crippen molar-refractivity contribution in [3.63, 3.8) is 0 Å². The fourth-order valence-electron chi connectivity index (χ4n) is 3.77. The van der Waals surface area contributed by atoms with Gasteiger partial charge in [0.25, 0.3) is 0 Å². The number of sulfonamides is 1. The molecule has 2 bridgehead atoms. The van der Waals surface area contributed by atoms with E-state index in [0.29, 0.717) is 10.8 Å². The summed E-state index contributed by atoms with van der Waals surface area (Å²) >= 11 is 1.97. The lowest BCUT2D eigenvalue weighted by molar-refractivity contribution is -0.149. The fraction of sp³-hybridized carbons (Fsp3) is 0.900. The van der Waals surface area contributed by atoms with Crippen molar-refractivity contribution in [1.82, 2.24) is 4.31 Å². The van der Waals surface area contributed by atoms with E-state index in [2.05, 4.69) is 0 Å². The van der Waals surface area contributed by atoms with Crippen LogP contribution in [0.4, 0.5) is 0 Å². The quantitative estimate of drug-likeness (QED) is 0.400. The average molecular weight is 371 g/mol. The molecule has 5 unspecified atom stereocenters. The summed E-state index contributed by atoms with van der Waals surface area (Å²) in [6.07, 6.45) is 1.33. The molecule has 3 rings (SSSR count). The molecular formula is C10H14INO4S. The van der Waals surface area contributed by atoms with E-state index >= 15 is 0 Å². The number of hydrogen-bond donors (Lipinski definition) is 0. The molecule has 3 aliphatic rings. The van der Waals surface area contributed by atoms with E-state index in [4.69, 9.17) is 4.74 Å². The van der Waals surface area contributed by atoms with Crippen LogP contribution in [-0.2, 0) is 19.6 Å². The Morgan fingerprint density at radius 2 is 2.18 bits per heavy atom. The largest absolute Gasteiger partial charge is 0.460 e. The van der Waals surface area contributed by atoms with Crippen molar-refractivity contribution in [3.8, 4) is 0 Å². The van der Waals surface area contributed by atoms with Gasteiger partial charge in [-0.3, -0.25) is 4.79 Å². The van der Waals surface area contributed by atoms with E-state index < -0.39 is 10.0 Å². The van der Waals surface area contributed by atoms with Crippen molar-refractivity contribution in [2.75, 3.05) is 11.5 Å². The Morgan fingerprint density at radius 3 is 2.82 bits per heavy atom. The van der Waals surface area contributed by atoms with E-state index in [1.54, 1.807) is 7.05 Å². The van der Waals surface area contributed by atoms with Gasteiger partial charge in [-0.25, -0.2) is 8.42 Å². The molecule has 2 aliphatic carbocycles. The van der Waals surface area contributed by atoms with Gasteiger partial charge in [0.1, 0.15) is 6.10 Å². The minimum Gasteiger partial charge on any atom is -0.460 e. The van der Waals surface area contributed by atoms with Crippen LogP contribution in [0.3, 0.4) is 0 Å². The van der Waals surface area contributed by atoms with E-state index in [1.165, 1.54) is 4.31 Å². The second kappa shape index (κ2) is 3.80. The van der Waals surface area contributed by atoms with Gasteiger partial charge in [0.15, 0.2) is 0 Å². The van der Waals surface area contributed by atoms with Crippen molar-refractivity contribution in [3.05, 3.63) is 0 Å². The second-order valence-corrected chi connectivity index (χ2v) is 8.05. The van der Waals surface area contributed by atoms with E-state index in [-0.39, 0.29) is 35.2 Å². The third-order valence-corrected chi connectivity index (χ3v) is 7.38. The van der Waals surface area contributed by atoms with Gasteiger partial charge in [-0.1, -0.05) is 22.6 Å². The third-order valence-electron chi connectivity index (χ3n) is 4.41. The Labute approximate surface area is 114 Å². The molecule has 7 heteroatoms. The summed E-state index contributed by atoms with van der Waals surface area (Å²) in [6.45, 7) is 0. The van der Waals surface area contributed by atoms with Crippen molar-refractivity contribution >= 4 is 38.6 Å². The van der Waals surface area contributed by atoms with E-state index in [1.807, 2.05) is 22.6 Å². The highest BCUT2D eigenvalue weighted by Crippen LogP contribution is 2.56. The summed E-state index contributed by atoms with van der Waals surface area (Å²) in [6, 6.07) is -0.115. The zero-order valence-electron chi connectivity index (χ0n) is 9.37. The topological polar surface area (TPSA) is 63.7 Å². The lowest BCUT2D eigenvalue weighted by Gasteiger charge is -2.28. The van der Waals surface area contributed by atoms with Crippen LogP contribution in [-0.4, -0.2) is 47.6 Å². The van der Waals surface area contributed by atoms with Crippen LogP contribution in [0.1, 0.15) is 12.8 Å². The maximum Gasteiger partial charge on any atom is 0.316 e. The highest BCUT2D eigenvalue weighted by atomic mass is 127. The van der Waals surface area contributed by atoms with Gasteiger partial charge in [-0.2, -0.15) is 4.31 Å². The van der Waals surface area contributed by atoms with Crippen LogP contribution in [0, 0.1) is 11.8 Å². The normalized spacial score (nSPS) is 46.4. The maximum atomic E-state index is 12.1. The second-order valence-electron chi connectivity index (χ2n) is 5.07. The first-order valence-corrected chi connectivity index (χ1v) is 8.72. The van der Waals surface area contributed by atoms with Crippen LogP contribution in [0.5, 0.6) is 0 Å². The molecule has 0 spiro atoms. The van der Waals surface area contributed by atoms with Crippen LogP contribution >= 0.6 is 22.6 Å². The number of hydrogen-bond acceptors (Lipinski definition) is 4. The van der Waals surface area contributed by atoms with Gasteiger partial charge in [-0.05, 0) is 24.7 Å². The molecule has 5 atom stereocenters.